The summed E-state index contributed by atoms with van der Waals surface area (Å²) in [6.07, 6.45) is 5.74. The van der Waals surface area contributed by atoms with E-state index in [1.54, 1.807) is 25.3 Å². The highest BCUT2D eigenvalue weighted by Gasteiger charge is 2.19. The smallest absolute Gasteiger partial charge is 0.253 e. The Morgan fingerprint density at radius 2 is 1.79 bits per heavy atom. The van der Waals surface area contributed by atoms with Crippen LogP contribution >= 0.6 is 11.6 Å². The number of hydrogen-bond donors (Lipinski definition) is 2. The first-order valence-corrected chi connectivity index (χ1v) is 9.96. The van der Waals surface area contributed by atoms with Crippen LogP contribution in [0.3, 0.4) is 0 Å². The molecule has 28 heavy (non-hydrogen) atoms. The Hall–Kier alpha value is -2.53. The fourth-order valence-corrected chi connectivity index (χ4v) is 3.62. The summed E-state index contributed by atoms with van der Waals surface area (Å²) < 4.78 is 5.12. The van der Waals surface area contributed by atoms with Gasteiger partial charge in [0, 0.05) is 11.7 Å². The van der Waals surface area contributed by atoms with E-state index >= 15 is 0 Å². The SMILES string of the molecule is COc1ccc(CC(=O)Nc2ccc(Cl)c(C(=O)NC3CCCCC3)c2)cc1. The summed E-state index contributed by atoms with van der Waals surface area (Å²) in [5.74, 6) is 0.393. The molecular weight excluding hydrogens is 376 g/mol. The lowest BCUT2D eigenvalue weighted by molar-refractivity contribution is -0.115. The second-order valence-corrected chi connectivity index (χ2v) is 7.48. The van der Waals surface area contributed by atoms with Gasteiger partial charge in [-0.1, -0.05) is 43.0 Å². The molecule has 148 valence electrons. The zero-order chi connectivity index (χ0) is 19.9. The molecule has 3 rings (SSSR count). The van der Waals surface area contributed by atoms with Crippen LogP contribution < -0.4 is 15.4 Å². The molecule has 0 heterocycles. The number of amides is 2. The highest BCUT2D eigenvalue weighted by molar-refractivity contribution is 6.34. The number of methoxy groups -OCH3 is 1. The molecule has 0 saturated heterocycles. The summed E-state index contributed by atoms with van der Waals surface area (Å²) in [4.78, 5) is 24.9. The van der Waals surface area contributed by atoms with Gasteiger partial charge in [0.2, 0.25) is 5.91 Å². The van der Waals surface area contributed by atoms with Crippen molar-refractivity contribution < 1.29 is 14.3 Å². The number of anilines is 1. The van der Waals surface area contributed by atoms with Crippen molar-refractivity contribution in [3.05, 3.63) is 58.6 Å². The van der Waals surface area contributed by atoms with Crippen LogP contribution in [0.2, 0.25) is 5.02 Å². The summed E-state index contributed by atoms with van der Waals surface area (Å²) in [7, 11) is 1.60. The molecule has 2 N–H and O–H groups in total. The first kappa shape index (κ1) is 20.2. The maximum atomic E-state index is 12.6. The molecule has 0 aliphatic heterocycles. The second kappa shape index (κ2) is 9.60. The molecule has 2 aromatic rings. The third kappa shape index (κ3) is 5.49. The van der Waals surface area contributed by atoms with E-state index in [4.69, 9.17) is 16.3 Å². The number of carbonyl (C=O) groups excluding carboxylic acids is 2. The largest absolute Gasteiger partial charge is 0.497 e. The summed E-state index contributed by atoms with van der Waals surface area (Å²) in [6, 6.07) is 12.5. The normalized spacial score (nSPS) is 14.4. The maximum Gasteiger partial charge on any atom is 0.253 e. The molecular formula is C22H25ClN2O3. The van der Waals surface area contributed by atoms with E-state index in [9.17, 15) is 9.59 Å². The van der Waals surface area contributed by atoms with Gasteiger partial charge in [0.05, 0.1) is 24.1 Å². The predicted molar refractivity (Wildman–Crippen MR) is 111 cm³/mol. The minimum absolute atomic E-state index is 0.161. The molecule has 6 heteroatoms. The van der Waals surface area contributed by atoms with Crippen LogP contribution in [0.25, 0.3) is 0 Å². The average Bonchev–Trinajstić information content (AvgIpc) is 2.70. The number of nitrogens with one attached hydrogen (secondary N) is 2. The van der Waals surface area contributed by atoms with Crippen molar-refractivity contribution in [2.45, 2.75) is 44.6 Å². The molecule has 1 fully saturated rings. The minimum atomic E-state index is -0.192. The average molecular weight is 401 g/mol. The van der Waals surface area contributed by atoms with Crippen LogP contribution in [0.1, 0.15) is 48.0 Å². The topological polar surface area (TPSA) is 67.4 Å². The number of carbonyl (C=O) groups is 2. The van der Waals surface area contributed by atoms with Crippen molar-refractivity contribution in [1.29, 1.82) is 0 Å². The molecule has 1 aliphatic carbocycles. The lowest BCUT2D eigenvalue weighted by atomic mass is 9.95. The molecule has 0 atom stereocenters. The zero-order valence-electron chi connectivity index (χ0n) is 16.0. The van der Waals surface area contributed by atoms with Crippen LogP contribution in [-0.2, 0) is 11.2 Å². The van der Waals surface area contributed by atoms with Gasteiger partial charge in [0.1, 0.15) is 5.75 Å². The van der Waals surface area contributed by atoms with E-state index in [-0.39, 0.29) is 24.3 Å². The van der Waals surface area contributed by atoms with Crippen molar-refractivity contribution in [1.82, 2.24) is 5.32 Å². The fraction of sp³-hybridized carbons (Fsp3) is 0.364. The van der Waals surface area contributed by atoms with Crippen molar-refractivity contribution in [3.63, 3.8) is 0 Å². The third-order valence-electron chi connectivity index (χ3n) is 4.96. The van der Waals surface area contributed by atoms with Crippen molar-refractivity contribution in [3.8, 4) is 5.75 Å². The fourth-order valence-electron chi connectivity index (χ4n) is 3.42. The van der Waals surface area contributed by atoms with Gasteiger partial charge in [-0.15, -0.1) is 0 Å². The molecule has 2 aromatic carbocycles. The number of hydrogen-bond acceptors (Lipinski definition) is 3. The predicted octanol–water partition coefficient (Wildman–Crippen LogP) is 4.59. The lowest BCUT2D eigenvalue weighted by Gasteiger charge is -2.23. The van der Waals surface area contributed by atoms with Gasteiger partial charge in [0.25, 0.3) is 5.91 Å². The number of benzene rings is 2. The van der Waals surface area contributed by atoms with Crippen molar-refractivity contribution >= 4 is 29.1 Å². The van der Waals surface area contributed by atoms with E-state index in [2.05, 4.69) is 10.6 Å². The number of rotatable bonds is 6. The highest BCUT2D eigenvalue weighted by atomic mass is 35.5. The van der Waals surface area contributed by atoms with Crippen molar-refractivity contribution in [2.24, 2.45) is 0 Å². The van der Waals surface area contributed by atoms with Gasteiger partial charge in [0.15, 0.2) is 0 Å². The zero-order valence-corrected chi connectivity index (χ0v) is 16.7. The Morgan fingerprint density at radius 1 is 1.07 bits per heavy atom. The number of ether oxygens (including phenoxy) is 1. The van der Waals surface area contributed by atoms with Crippen LogP contribution in [0.4, 0.5) is 5.69 Å². The summed E-state index contributed by atoms with van der Waals surface area (Å²) >= 11 is 6.22. The van der Waals surface area contributed by atoms with Crippen LogP contribution in [0.5, 0.6) is 5.75 Å². The Kier molecular flexibility index (Phi) is 6.93. The van der Waals surface area contributed by atoms with E-state index in [0.29, 0.717) is 16.3 Å². The summed E-state index contributed by atoms with van der Waals surface area (Å²) in [5, 5.41) is 6.27. The molecule has 1 saturated carbocycles. The Balaban J connectivity index is 1.62. The van der Waals surface area contributed by atoms with E-state index in [0.717, 1.165) is 37.0 Å². The quantitative estimate of drug-likeness (QED) is 0.745. The van der Waals surface area contributed by atoms with Gasteiger partial charge in [-0.2, -0.15) is 0 Å². The summed E-state index contributed by atoms with van der Waals surface area (Å²) in [5.41, 5.74) is 1.81. The first-order chi connectivity index (χ1) is 13.5. The molecule has 1 aliphatic rings. The molecule has 0 spiro atoms. The van der Waals surface area contributed by atoms with Crippen LogP contribution in [0.15, 0.2) is 42.5 Å². The molecule has 0 bridgehead atoms. The van der Waals surface area contributed by atoms with Gasteiger partial charge < -0.3 is 15.4 Å². The van der Waals surface area contributed by atoms with Crippen LogP contribution in [-0.4, -0.2) is 25.0 Å². The highest BCUT2D eigenvalue weighted by Crippen LogP contribution is 2.23. The lowest BCUT2D eigenvalue weighted by Crippen LogP contribution is -2.36. The van der Waals surface area contributed by atoms with E-state index in [1.807, 2.05) is 24.3 Å². The Morgan fingerprint density at radius 3 is 2.46 bits per heavy atom. The molecule has 0 radical (unpaired) electrons. The molecule has 0 unspecified atom stereocenters. The van der Waals surface area contributed by atoms with E-state index < -0.39 is 0 Å². The minimum Gasteiger partial charge on any atom is -0.497 e. The van der Waals surface area contributed by atoms with Crippen LogP contribution in [0, 0.1) is 0 Å². The molecule has 5 nitrogen and oxygen atoms in total. The standard InChI is InChI=1S/C22H25ClN2O3/c1-28-18-10-7-15(8-11-18)13-21(26)24-17-9-12-20(23)19(14-17)22(27)25-16-5-3-2-4-6-16/h7-12,14,16H,2-6,13H2,1H3,(H,24,26)(H,25,27). The Bertz CT molecular complexity index is 830. The second-order valence-electron chi connectivity index (χ2n) is 7.08. The molecule has 0 aromatic heterocycles. The van der Waals surface area contributed by atoms with E-state index in [1.165, 1.54) is 6.42 Å². The maximum absolute atomic E-state index is 12.6. The van der Waals surface area contributed by atoms with Crippen molar-refractivity contribution in [2.75, 3.05) is 12.4 Å². The van der Waals surface area contributed by atoms with Gasteiger partial charge >= 0.3 is 0 Å². The van der Waals surface area contributed by atoms with Gasteiger partial charge in [-0.05, 0) is 48.7 Å². The van der Waals surface area contributed by atoms with Gasteiger partial charge in [-0.3, -0.25) is 9.59 Å². The third-order valence-corrected chi connectivity index (χ3v) is 5.29. The molecule has 2 amide bonds. The Labute approximate surface area is 170 Å². The monoisotopic (exact) mass is 400 g/mol. The van der Waals surface area contributed by atoms with Gasteiger partial charge in [-0.25, -0.2) is 0 Å². The summed E-state index contributed by atoms with van der Waals surface area (Å²) in [6.45, 7) is 0. The first-order valence-electron chi connectivity index (χ1n) is 9.58. The number of halogens is 1.